The molecule has 2 aromatic carbocycles. The molecule has 170 valence electrons. The highest BCUT2D eigenvalue weighted by molar-refractivity contribution is 14.0. The van der Waals surface area contributed by atoms with Crippen molar-refractivity contribution in [2.45, 2.75) is 33.4 Å². The summed E-state index contributed by atoms with van der Waals surface area (Å²) in [5.41, 5.74) is 5.95. The van der Waals surface area contributed by atoms with Crippen LogP contribution in [0.2, 0.25) is 0 Å². The molecule has 1 unspecified atom stereocenters. The molecule has 1 fully saturated rings. The van der Waals surface area contributed by atoms with Gasteiger partial charge in [0, 0.05) is 13.1 Å². The van der Waals surface area contributed by atoms with E-state index in [9.17, 15) is 0 Å². The lowest BCUT2D eigenvalue weighted by Gasteiger charge is -2.36. The predicted octanol–water partition coefficient (Wildman–Crippen LogP) is 4.04. The van der Waals surface area contributed by atoms with Crippen LogP contribution in [0.5, 0.6) is 0 Å². The van der Waals surface area contributed by atoms with Gasteiger partial charge in [0.25, 0.3) is 0 Å². The number of rotatable bonds is 5. The monoisotopic (exact) mass is 546 g/mol. The van der Waals surface area contributed by atoms with Crippen LogP contribution in [0.25, 0.3) is 5.69 Å². The Morgan fingerprint density at radius 1 is 1.19 bits per heavy atom. The number of ether oxygens (including phenoxy) is 1. The first kappa shape index (κ1) is 24.2. The third-order valence-electron chi connectivity index (χ3n) is 5.50. The third-order valence-corrected chi connectivity index (χ3v) is 5.50. The van der Waals surface area contributed by atoms with Gasteiger partial charge in [-0.2, -0.15) is 5.10 Å². The van der Waals surface area contributed by atoms with Gasteiger partial charge in [0.05, 0.1) is 25.4 Å². The Labute approximate surface area is 206 Å². The van der Waals surface area contributed by atoms with Crippen LogP contribution >= 0.6 is 24.0 Å². The zero-order chi connectivity index (χ0) is 21.6. The van der Waals surface area contributed by atoms with E-state index in [1.807, 2.05) is 12.1 Å². The molecule has 32 heavy (non-hydrogen) atoms. The number of halogens is 1. The summed E-state index contributed by atoms with van der Waals surface area (Å²) in [7, 11) is 0. The van der Waals surface area contributed by atoms with E-state index in [-0.39, 0.29) is 30.1 Å². The Bertz CT molecular complexity index is 1020. The predicted molar refractivity (Wildman–Crippen MR) is 138 cm³/mol. The molecule has 1 aliphatic rings. The summed E-state index contributed by atoms with van der Waals surface area (Å²) in [5.74, 6) is 0.931. The molecule has 3 aromatic rings. The fourth-order valence-electron chi connectivity index (χ4n) is 3.90. The highest BCUT2D eigenvalue weighted by atomic mass is 127. The first-order valence-electron chi connectivity index (χ1n) is 10.8. The standard InChI is InChI=1S/C24H30N6O.HI/c1-4-26-24(27-14-20-6-8-21(9-7-20)30-17-25-16-28-30)29-11-12-31-23(15-29)22-10-5-18(2)13-19(22)3;/h5-10,13,16-17,23H,4,11-12,14-15H2,1-3H3,(H,26,27);1H. The van der Waals surface area contributed by atoms with E-state index >= 15 is 0 Å². The molecule has 1 N–H and O–H groups in total. The lowest BCUT2D eigenvalue weighted by atomic mass is 10.00. The first-order valence-corrected chi connectivity index (χ1v) is 10.8. The second-order valence-electron chi connectivity index (χ2n) is 7.84. The van der Waals surface area contributed by atoms with Gasteiger partial charge in [-0.1, -0.05) is 35.9 Å². The maximum absolute atomic E-state index is 6.12. The van der Waals surface area contributed by atoms with Crippen LogP contribution in [-0.2, 0) is 11.3 Å². The minimum Gasteiger partial charge on any atom is -0.370 e. The zero-order valence-corrected chi connectivity index (χ0v) is 21.2. The van der Waals surface area contributed by atoms with Crippen LogP contribution in [0.1, 0.15) is 35.3 Å². The molecular weight excluding hydrogens is 515 g/mol. The van der Waals surface area contributed by atoms with Crippen molar-refractivity contribution in [2.75, 3.05) is 26.2 Å². The van der Waals surface area contributed by atoms with Crippen molar-refractivity contribution in [2.24, 2.45) is 4.99 Å². The molecule has 0 aliphatic carbocycles. The van der Waals surface area contributed by atoms with Gasteiger partial charge in [-0.05, 0) is 49.6 Å². The Hall–Kier alpha value is -2.46. The second-order valence-corrected chi connectivity index (χ2v) is 7.84. The topological polar surface area (TPSA) is 67.6 Å². The van der Waals surface area contributed by atoms with Gasteiger partial charge in [0.1, 0.15) is 18.8 Å². The van der Waals surface area contributed by atoms with Gasteiger partial charge >= 0.3 is 0 Å². The maximum atomic E-state index is 6.12. The molecule has 0 bridgehead atoms. The highest BCUT2D eigenvalue weighted by Crippen LogP contribution is 2.26. The molecule has 7 nitrogen and oxygen atoms in total. The largest absolute Gasteiger partial charge is 0.370 e. The average Bonchev–Trinajstić information content (AvgIpc) is 3.32. The van der Waals surface area contributed by atoms with Gasteiger partial charge in [0.2, 0.25) is 0 Å². The highest BCUT2D eigenvalue weighted by Gasteiger charge is 2.25. The second kappa shape index (κ2) is 11.4. The lowest BCUT2D eigenvalue weighted by Crippen LogP contribution is -2.48. The van der Waals surface area contributed by atoms with Gasteiger partial charge < -0.3 is 15.0 Å². The molecule has 0 amide bonds. The van der Waals surface area contributed by atoms with E-state index in [1.165, 1.54) is 23.0 Å². The number of aryl methyl sites for hydroxylation is 2. The molecule has 1 atom stereocenters. The van der Waals surface area contributed by atoms with Gasteiger partial charge in [-0.15, -0.1) is 24.0 Å². The number of guanidine groups is 1. The summed E-state index contributed by atoms with van der Waals surface area (Å²) in [6, 6.07) is 14.8. The average molecular weight is 546 g/mol. The number of hydrogen-bond acceptors (Lipinski definition) is 4. The van der Waals surface area contributed by atoms with E-state index in [0.29, 0.717) is 13.2 Å². The fourth-order valence-corrected chi connectivity index (χ4v) is 3.90. The van der Waals surface area contributed by atoms with Crippen LogP contribution in [0, 0.1) is 13.8 Å². The minimum absolute atomic E-state index is 0. The van der Waals surface area contributed by atoms with Crippen LogP contribution in [0.4, 0.5) is 0 Å². The molecule has 0 spiro atoms. The molecular formula is C24H31IN6O. The van der Waals surface area contributed by atoms with Crippen molar-refractivity contribution in [3.05, 3.63) is 77.4 Å². The molecule has 1 aromatic heterocycles. The van der Waals surface area contributed by atoms with Gasteiger partial charge in [0.15, 0.2) is 5.96 Å². The molecule has 1 aliphatic heterocycles. The summed E-state index contributed by atoms with van der Waals surface area (Å²) >= 11 is 0. The van der Waals surface area contributed by atoms with Crippen LogP contribution in [0.15, 0.2) is 60.1 Å². The fraction of sp³-hybridized carbons (Fsp3) is 0.375. The summed E-state index contributed by atoms with van der Waals surface area (Å²) in [5, 5.41) is 7.62. The number of benzene rings is 2. The summed E-state index contributed by atoms with van der Waals surface area (Å²) < 4.78 is 7.86. The van der Waals surface area contributed by atoms with E-state index in [1.54, 1.807) is 11.0 Å². The quantitative estimate of drug-likeness (QED) is 0.297. The molecule has 8 heteroatoms. The maximum Gasteiger partial charge on any atom is 0.194 e. The minimum atomic E-state index is 0. The van der Waals surface area contributed by atoms with Crippen molar-refractivity contribution in [3.63, 3.8) is 0 Å². The Balaban J connectivity index is 0.00000289. The smallest absolute Gasteiger partial charge is 0.194 e. The Morgan fingerprint density at radius 2 is 2.00 bits per heavy atom. The van der Waals surface area contributed by atoms with E-state index < -0.39 is 0 Å². The van der Waals surface area contributed by atoms with Gasteiger partial charge in [-0.3, -0.25) is 0 Å². The van der Waals surface area contributed by atoms with E-state index in [2.05, 4.69) is 71.4 Å². The molecule has 0 saturated carbocycles. The molecule has 4 rings (SSSR count). The zero-order valence-electron chi connectivity index (χ0n) is 18.9. The first-order chi connectivity index (χ1) is 15.1. The van der Waals surface area contributed by atoms with E-state index in [4.69, 9.17) is 9.73 Å². The third kappa shape index (κ3) is 5.86. The number of morpholine rings is 1. The van der Waals surface area contributed by atoms with Crippen LogP contribution in [-0.4, -0.2) is 51.9 Å². The number of nitrogens with one attached hydrogen (secondary N) is 1. The van der Waals surface area contributed by atoms with Crippen LogP contribution in [0.3, 0.4) is 0 Å². The lowest BCUT2D eigenvalue weighted by molar-refractivity contribution is -0.00834. The molecule has 1 saturated heterocycles. The normalized spacial score (nSPS) is 16.5. The van der Waals surface area contributed by atoms with Crippen molar-refractivity contribution in [1.82, 2.24) is 25.0 Å². The Kier molecular flexibility index (Phi) is 8.63. The van der Waals surface area contributed by atoms with Crippen molar-refractivity contribution in [3.8, 4) is 5.69 Å². The summed E-state index contributed by atoms with van der Waals surface area (Å²) in [6.07, 6.45) is 3.29. The van der Waals surface area contributed by atoms with Crippen molar-refractivity contribution < 1.29 is 4.74 Å². The number of hydrogen-bond donors (Lipinski definition) is 1. The molecule has 2 heterocycles. The summed E-state index contributed by atoms with van der Waals surface area (Å²) in [4.78, 5) is 11.2. The van der Waals surface area contributed by atoms with Gasteiger partial charge in [-0.25, -0.2) is 14.7 Å². The Morgan fingerprint density at radius 3 is 2.69 bits per heavy atom. The number of aromatic nitrogens is 3. The van der Waals surface area contributed by atoms with Crippen molar-refractivity contribution in [1.29, 1.82) is 0 Å². The number of nitrogens with zero attached hydrogens (tertiary/aromatic N) is 5. The van der Waals surface area contributed by atoms with Crippen molar-refractivity contribution >= 4 is 29.9 Å². The summed E-state index contributed by atoms with van der Waals surface area (Å²) in [6.45, 7) is 10.1. The molecule has 0 radical (unpaired) electrons. The number of aliphatic imine (C=N–C) groups is 1. The SMILES string of the molecule is CCNC(=NCc1ccc(-n2cncn2)cc1)N1CCOC(c2ccc(C)cc2C)C1.I. The van der Waals surface area contributed by atoms with E-state index in [0.717, 1.165) is 36.8 Å². The van der Waals surface area contributed by atoms with Crippen LogP contribution < -0.4 is 5.32 Å².